The lowest BCUT2D eigenvalue weighted by Crippen LogP contribution is -2.20. The van der Waals surface area contributed by atoms with Crippen molar-refractivity contribution in [3.63, 3.8) is 0 Å². The van der Waals surface area contributed by atoms with Gasteiger partial charge in [0.05, 0.1) is 0 Å². The molecule has 0 aromatic heterocycles. The van der Waals surface area contributed by atoms with Gasteiger partial charge in [-0.1, -0.05) is 0 Å². The van der Waals surface area contributed by atoms with Gasteiger partial charge in [0.1, 0.15) is 0 Å². The van der Waals surface area contributed by atoms with Gasteiger partial charge >= 0.3 is 0 Å². The van der Waals surface area contributed by atoms with E-state index in [1.165, 1.54) is 0 Å². The van der Waals surface area contributed by atoms with Crippen LogP contribution in [0.1, 0.15) is 0 Å². The van der Waals surface area contributed by atoms with E-state index >= 15 is 0 Å². The summed E-state index contributed by atoms with van der Waals surface area (Å²) in [7, 11) is 3.75. The summed E-state index contributed by atoms with van der Waals surface area (Å²) in [5.41, 5.74) is 8.94. The number of nitrogens with one attached hydrogen (secondary N) is 2. The van der Waals surface area contributed by atoms with E-state index in [2.05, 4.69) is 16.8 Å². The topological polar surface area (TPSA) is 87.9 Å². The minimum absolute atomic E-state index is 0. The third-order valence-corrected chi connectivity index (χ3v) is 0. The van der Waals surface area contributed by atoms with E-state index in [0.29, 0.717) is 0 Å². The normalized spacial score (nSPS) is 5.25. The van der Waals surface area contributed by atoms with E-state index in [0.717, 1.165) is 0 Å². The van der Waals surface area contributed by atoms with Crippen LogP contribution >= 0.6 is 12.4 Å². The van der Waals surface area contributed by atoms with Crippen molar-refractivity contribution in [1.29, 1.82) is 5.41 Å². The first-order chi connectivity index (χ1) is 3.15. The van der Waals surface area contributed by atoms with Gasteiger partial charge in [-0.3, -0.25) is 5.41 Å². The van der Waals surface area contributed by atoms with Gasteiger partial charge in [0.2, 0.25) is 0 Å². The maximum Gasteiger partial charge on any atom is 0.183 e. The molecule has 0 fully saturated rings. The predicted octanol–water partition coefficient (Wildman–Crippen LogP) is -0.904. The Labute approximate surface area is 55.5 Å². The summed E-state index contributed by atoms with van der Waals surface area (Å²) in [6.45, 7) is 0. The molecule has 0 radical (unpaired) electrons. The van der Waals surface area contributed by atoms with Crippen LogP contribution in [-0.2, 0) is 0 Å². The smallest absolute Gasteiger partial charge is 0.183 e. The van der Waals surface area contributed by atoms with Crippen LogP contribution in [0.4, 0.5) is 0 Å². The lowest BCUT2D eigenvalue weighted by atomic mass is 11.1. The fourth-order valence-electron chi connectivity index (χ4n) is 0. The number of rotatable bonds is 0. The van der Waals surface area contributed by atoms with Gasteiger partial charge in [0.15, 0.2) is 5.96 Å². The molecule has 0 bridgehead atoms. The van der Waals surface area contributed by atoms with Crippen molar-refractivity contribution in [2.24, 2.45) is 11.5 Å². The molecule has 0 amide bonds. The fourth-order valence-corrected chi connectivity index (χ4v) is 0. The van der Waals surface area contributed by atoms with Gasteiger partial charge in [-0.2, -0.15) is 0 Å². The molecule has 0 rings (SSSR count). The van der Waals surface area contributed by atoms with Crippen LogP contribution in [0.3, 0.4) is 0 Å². The number of nitrogens with two attached hydrogens (primary N) is 2. The number of guanidine groups is 1. The minimum Gasteiger partial charge on any atom is -0.370 e. The zero-order valence-corrected chi connectivity index (χ0v) is 5.88. The highest BCUT2D eigenvalue weighted by Gasteiger charge is 1.52. The molecule has 0 aromatic rings. The summed E-state index contributed by atoms with van der Waals surface area (Å²) in [6, 6.07) is 0. The molecule has 0 aliphatic heterocycles. The Balaban J connectivity index is -0.0000000575. The largest absolute Gasteiger partial charge is 0.370 e. The van der Waals surface area contributed by atoms with E-state index in [-0.39, 0.29) is 18.4 Å². The Morgan fingerprint density at radius 1 is 1.38 bits per heavy atom. The molecule has 0 spiro atoms. The predicted molar refractivity (Wildman–Crippen MR) is 38.3 cm³/mol. The van der Waals surface area contributed by atoms with Crippen molar-refractivity contribution >= 4 is 18.4 Å². The molecule has 0 unspecified atom stereocenters. The van der Waals surface area contributed by atoms with Crippen LogP contribution in [-0.4, -0.2) is 20.1 Å². The van der Waals surface area contributed by atoms with E-state index < -0.39 is 0 Å². The third-order valence-electron chi connectivity index (χ3n) is 0. The van der Waals surface area contributed by atoms with Crippen LogP contribution in [0.15, 0.2) is 0 Å². The van der Waals surface area contributed by atoms with Crippen LogP contribution < -0.4 is 16.8 Å². The molecule has 4 nitrogen and oxygen atoms in total. The van der Waals surface area contributed by atoms with Gasteiger partial charge in [-0.15, -0.1) is 12.4 Å². The van der Waals surface area contributed by atoms with Crippen molar-refractivity contribution in [2.45, 2.75) is 0 Å². The van der Waals surface area contributed by atoms with E-state index in [4.69, 9.17) is 5.41 Å². The Bertz CT molecular complexity index is 42.5. The van der Waals surface area contributed by atoms with Crippen LogP contribution in [0.5, 0.6) is 0 Å². The molecule has 0 aromatic carbocycles. The summed E-state index contributed by atoms with van der Waals surface area (Å²) in [5.74, 6) is -0.333. The minimum atomic E-state index is -0.333. The van der Waals surface area contributed by atoms with Crippen molar-refractivity contribution in [3.05, 3.63) is 0 Å². The van der Waals surface area contributed by atoms with E-state index in [1.54, 1.807) is 0 Å². The summed E-state index contributed by atoms with van der Waals surface area (Å²) < 4.78 is 0. The van der Waals surface area contributed by atoms with Gasteiger partial charge in [-0.05, 0) is 14.1 Å². The Hall–Kier alpha value is -0.480. The van der Waals surface area contributed by atoms with Crippen LogP contribution in [0.2, 0.25) is 0 Å². The highest BCUT2D eigenvalue weighted by Crippen LogP contribution is 1.13. The maximum atomic E-state index is 6.06. The molecular formula is C3H13ClN4. The molecule has 5 heteroatoms. The highest BCUT2D eigenvalue weighted by molar-refractivity contribution is 5.85. The number of halogens is 1. The molecular weight excluding hydrogens is 128 g/mol. The molecule has 52 valence electrons. The summed E-state index contributed by atoms with van der Waals surface area (Å²) in [6.07, 6.45) is 0. The lowest BCUT2D eigenvalue weighted by molar-refractivity contribution is 1.02. The van der Waals surface area contributed by atoms with Gasteiger partial charge in [-0.25, -0.2) is 0 Å². The van der Waals surface area contributed by atoms with Crippen LogP contribution in [0.25, 0.3) is 0 Å². The Kier molecular flexibility index (Phi) is 31.4. The van der Waals surface area contributed by atoms with Crippen molar-refractivity contribution in [2.75, 3.05) is 14.1 Å². The molecule has 0 heterocycles. The van der Waals surface area contributed by atoms with E-state index in [9.17, 15) is 0 Å². The molecule has 0 saturated heterocycles. The lowest BCUT2D eigenvalue weighted by Gasteiger charge is -1.69. The molecule has 0 atom stereocenters. The van der Waals surface area contributed by atoms with Crippen molar-refractivity contribution in [1.82, 2.24) is 5.32 Å². The number of hydrogen-bond acceptors (Lipinski definition) is 2. The second-order valence-electron chi connectivity index (χ2n) is 0.955. The summed E-state index contributed by atoms with van der Waals surface area (Å²) in [4.78, 5) is 0. The first kappa shape index (κ1) is 15.6. The van der Waals surface area contributed by atoms with Gasteiger partial charge in [0.25, 0.3) is 0 Å². The standard InChI is InChI=1S/C2H7N.CH5N3.ClH/c1-3-2;2-1(3)4;/h3H,1-2H3;(H5,2,3,4);1H. The van der Waals surface area contributed by atoms with Gasteiger partial charge in [0, 0.05) is 0 Å². The Morgan fingerprint density at radius 3 is 1.38 bits per heavy atom. The monoisotopic (exact) mass is 140 g/mol. The average molecular weight is 141 g/mol. The molecule has 0 aliphatic carbocycles. The number of hydrogen-bond donors (Lipinski definition) is 4. The highest BCUT2D eigenvalue weighted by atomic mass is 35.5. The average Bonchev–Trinajstić information content (AvgIpc) is 1.33. The molecule has 8 heavy (non-hydrogen) atoms. The molecule has 6 N–H and O–H groups in total. The van der Waals surface area contributed by atoms with Crippen LogP contribution in [0, 0.1) is 5.41 Å². The quantitative estimate of drug-likeness (QED) is 0.260. The van der Waals surface area contributed by atoms with E-state index in [1.807, 2.05) is 14.1 Å². The molecule has 0 aliphatic rings. The summed E-state index contributed by atoms with van der Waals surface area (Å²) in [5, 5.41) is 8.81. The zero-order valence-electron chi connectivity index (χ0n) is 5.06. The van der Waals surface area contributed by atoms with Crippen molar-refractivity contribution in [3.8, 4) is 0 Å². The fraction of sp³-hybridized carbons (Fsp3) is 0.667. The SMILES string of the molecule is CNC.Cl.N=C(N)N. The first-order valence-corrected chi connectivity index (χ1v) is 1.83. The first-order valence-electron chi connectivity index (χ1n) is 1.83. The zero-order chi connectivity index (χ0) is 6.28. The maximum absolute atomic E-state index is 6.06. The second-order valence-corrected chi connectivity index (χ2v) is 0.955. The third kappa shape index (κ3) is 489. The Morgan fingerprint density at radius 2 is 1.38 bits per heavy atom. The van der Waals surface area contributed by atoms with Gasteiger partial charge < -0.3 is 16.8 Å². The van der Waals surface area contributed by atoms with Crippen molar-refractivity contribution < 1.29 is 0 Å². The molecule has 0 saturated carbocycles. The summed E-state index contributed by atoms with van der Waals surface area (Å²) >= 11 is 0. The second kappa shape index (κ2) is 16.0.